The molecular weight excluding hydrogens is 324 g/mol. The zero-order chi connectivity index (χ0) is 17.9. The number of methoxy groups -OCH3 is 1. The van der Waals surface area contributed by atoms with E-state index in [1.54, 1.807) is 12.1 Å². The lowest BCUT2D eigenvalue weighted by Crippen LogP contribution is -2.26. The van der Waals surface area contributed by atoms with Gasteiger partial charge in [0.05, 0.1) is 7.11 Å². The number of hydrogen-bond acceptors (Lipinski definition) is 2. The zero-order valence-corrected chi connectivity index (χ0v) is 15.4. The van der Waals surface area contributed by atoms with E-state index in [0.717, 1.165) is 21.5 Å². The van der Waals surface area contributed by atoms with Crippen LogP contribution < -0.4 is 15.1 Å². The van der Waals surface area contributed by atoms with Crippen molar-refractivity contribution in [1.29, 1.82) is 0 Å². The fourth-order valence-corrected chi connectivity index (χ4v) is 3.28. The Kier molecular flexibility index (Phi) is 7.54. The van der Waals surface area contributed by atoms with E-state index in [1.165, 1.54) is 17.5 Å². The van der Waals surface area contributed by atoms with Gasteiger partial charge in [-0.15, -0.1) is 6.58 Å². The molecular formula is C22H22O2Si. The van der Waals surface area contributed by atoms with Crippen molar-refractivity contribution in [3.8, 4) is 11.5 Å². The molecule has 3 aromatic carbocycles. The molecule has 3 heteroatoms. The van der Waals surface area contributed by atoms with Gasteiger partial charge in [-0.05, 0) is 24.1 Å². The molecule has 0 unspecified atom stereocenters. The van der Waals surface area contributed by atoms with Gasteiger partial charge >= 0.3 is 0 Å². The molecule has 3 aromatic rings. The van der Waals surface area contributed by atoms with Crippen molar-refractivity contribution in [3.63, 3.8) is 0 Å². The number of ether oxygens (including phenoxy) is 1. The summed E-state index contributed by atoms with van der Waals surface area (Å²) in [5.41, 5.74) is 1.08. The highest BCUT2D eigenvalue weighted by Crippen LogP contribution is 2.26. The minimum atomic E-state index is 0.172. The largest absolute Gasteiger partial charge is 0.504 e. The Morgan fingerprint density at radius 3 is 1.96 bits per heavy atom. The lowest BCUT2D eigenvalue weighted by Gasteiger charge is -2.04. The first kappa shape index (κ1) is 18.6. The maximum atomic E-state index is 9.25. The number of benzene rings is 3. The molecule has 126 valence electrons. The van der Waals surface area contributed by atoms with Crippen molar-refractivity contribution in [1.82, 2.24) is 0 Å². The van der Waals surface area contributed by atoms with Crippen molar-refractivity contribution in [2.45, 2.75) is 6.42 Å². The van der Waals surface area contributed by atoms with Crippen molar-refractivity contribution in [2.24, 2.45) is 0 Å². The van der Waals surface area contributed by atoms with E-state index in [-0.39, 0.29) is 5.75 Å². The predicted octanol–water partition coefficient (Wildman–Crippen LogP) is 3.47. The maximum Gasteiger partial charge on any atom is 0.160 e. The monoisotopic (exact) mass is 346 g/mol. The second-order valence-corrected chi connectivity index (χ2v) is 6.76. The van der Waals surface area contributed by atoms with Gasteiger partial charge in [-0.3, -0.25) is 0 Å². The smallest absolute Gasteiger partial charge is 0.160 e. The topological polar surface area (TPSA) is 29.5 Å². The van der Waals surface area contributed by atoms with E-state index in [2.05, 4.69) is 67.2 Å². The molecule has 0 aliphatic rings. The first-order valence-corrected chi connectivity index (χ1v) is 9.07. The van der Waals surface area contributed by atoms with Gasteiger partial charge < -0.3 is 9.84 Å². The molecule has 0 amide bonds. The molecule has 0 aliphatic carbocycles. The van der Waals surface area contributed by atoms with E-state index >= 15 is 0 Å². The van der Waals surface area contributed by atoms with E-state index in [9.17, 15) is 5.11 Å². The van der Waals surface area contributed by atoms with E-state index in [1.807, 2.05) is 12.1 Å². The average molecular weight is 347 g/mol. The number of allylic oxidation sites excluding steroid dienone is 1. The number of phenolic OH excluding ortho intramolecular Hbond substituents is 1. The highest BCUT2D eigenvalue weighted by molar-refractivity contribution is 6.67. The molecule has 0 saturated carbocycles. The number of phenols is 1. The molecule has 25 heavy (non-hydrogen) atoms. The van der Waals surface area contributed by atoms with Gasteiger partial charge in [-0.25, -0.2) is 0 Å². The molecule has 0 saturated heterocycles. The Balaban J connectivity index is 0.000000181. The zero-order valence-electron chi connectivity index (χ0n) is 14.4. The molecule has 0 heterocycles. The first-order chi connectivity index (χ1) is 12.2. The fourth-order valence-electron chi connectivity index (χ4n) is 2.23. The minimum absolute atomic E-state index is 0.172. The normalized spacial score (nSPS) is 9.64. The Hall–Kier alpha value is -2.78. The van der Waals surface area contributed by atoms with Gasteiger partial charge in [0.1, 0.15) is 9.52 Å². The summed E-state index contributed by atoms with van der Waals surface area (Å²) in [5.74, 6) is 0.680. The maximum absolute atomic E-state index is 9.25. The first-order valence-electron chi connectivity index (χ1n) is 8.07. The second kappa shape index (κ2) is 10.2. The minimum Gasteiger partial charge on any atom is -0.504 e. The number of hydrogen-bond donors (Lipinski definition) is 1. The van der Waals surface area contributed by atoms with Crippen LogP contribution in [0.4, 0.5) is 0 Å². The highest BCUT2D eigenvalue weighted by atomic mass is 28.2. The third-order valence-corrected chi connectivity index (χ3v) is 4.70. The van der Waals surface area contributed by atoms with Gasteiger partial charge in [-0.1, -0.05) is 83.2 Å². The summed E-state index contributed by atoms with van der Waals surface area (Å²) >= 11 is 0. The van der Waals surface area contributed by atoms with E-state index in [4.69, 9.17) is 4.74 Å². The van der Waals surface area contributed by atoms with E-state index < -0.39 is 0 Å². The summed E-state index contributed by atoms with van der Waals surface area (Å²) in [6.45, 7) is 3.63. The summed E-state index contributed by atoms with van der Waals surface area (Å²) in [7, 11) is 2.31. The molecule has 2 nitrogen and oxygen atoms in total. The fraction of sp³-hybridized carbons (Fsp3) is 0.0909. The lowest BCUT2D eigenvalue weighted by atomic mass is 10.1. The molecule has 3 rings (SSSR count). The van der Waals surface area contributed by atoms with Gasteiger partial charge in [0, 0.05) is 0 Å². The molecule has 0 spiro atoms. The third kappa shape index (κ3) is 6.32. The lowest BCUT2D eigenvalue weighted by molar-refractivity contribution is 0.373. The Bertz CT molecular complexity index is 733. The van der Waals surface area contributed by atoms with Crippen molar-refractivity contribution in [2.75, 3.05) is 7.11 Å². The summed E-state index contributed by atoms with van der Waals surface area (Å²) < 4.78 is 4.95. The molecule has 2 radical (unpaired) electrons. The van der Waals surface area contributed by atoms with Crippen LogP contribution in [-0.2, 0) is 6.42 Å². The summed E-state index contributed by atoms with van der Waals surface area (Å²) in [4.78, 5) is 0. The summed E-state index contributed by atoms with van der Waals surface area (Å²) in [6, 6.07) is 26.4. The van der Waals surface area contributed by atoms with Crippen molar-refractivity contribution < 1.29 is 9.84 Å². The SMILES string of the molecule is C=CCc1ccc(O)c(OC)c1.c1ccc([Si]c2ccccc2)cc1. The van der Waals surface area contributed by atoms with Crippen LogP contribution in [-0.4, -0.2) is 21.7 Å². The average Bonchev–Trinajstić information content (AvgIpc) is 2.66. The Labute approximate surface area is 152 Å². The highest BCUT2D eigenvalue weighted by Gasteiger charge is 2.00. The van der Waals surface area contributed by atoms with E-state index in [0.29, 0.717) is 5.75 Å². The summed E-state index contributed by atoms with van der Waals surface area (Å²) in [5, 5.41) is 12.0. The van der Waals surface area contributed by atoms with Crippen LogP contribution >= 0.6 is 0 Å². The molecule has 1 N–H and O–H groups in total. The van der Waals surface area contributed by atoms with Crippen LogP contribution in [0, 0.1) is 0 Å². The van der Waals surface area contributed by atoms with Crippen LogP contribution in [0.2, 0.25) is 0 Å². The third-order valence-electron chi connectivity index (χ3n) is 3.46. The van der Waals surface area contributed by atoms with Crippen LogP contribution in [0.15, 0.2) is 91.5 Å². The number of rotatable bonds is 5. The second-order valence-electron chi connectivity index (χ2n) is 5.36. The van der Waals surface area contributed by atoms with Crippen molar-refractivity contribution in [3.05, 3.63) is 97.1 Å². The van der Waals surface area contributed by atoms with Crippen LogP contribution in [0.5, 0.6) is 11.5 Å². The van der Waals surface area contributed by atoms with Gasteiger partial charge in [0.15, 0.2) is 11.5 Å². The number of aromatic hydroxyl groups is 1. The summed E-state index contributed by atoms with van der Waals surface area (Å²) in [6.07, 6.45) is 2.60. The molecule has 0 atom stereocenters. The molecule has 0 bridgehead atoms. The Morgan fingerprint density at radius 1 is 0.920 bits per heavy atom. The predicted molar refractivity (Wildman–Crippen MR) is 106 cm³/mol. The van der Waals surface area contributed by atoms with Crippen LogP contribution in [0.25, 0.3) is 0 Å². The standard InChI is InChI=1S/C12H10Si.C10H12O2/c1-3-7-11(8-4-1)13-12-9-5-2-6-10-12;1-3-4-8-5-6-9(11)10(7-8)12-2/h1-10H;3,5-7,11H,1,4H2,2H3. The van der Waals surface area contributed by atoms with Gasteiger partial charge in [0.25, 0.3) is 0 Å². The molecule has 0 aromatic heterocycles. The van der Waals surface area contributed by atoms with Crippen LogP contribution in [0.3, 0.4) is 0 Å². The molecule has 0 fully saturated rings. The van der Waals surface area contributed by atoms with Crippen LogP contribution in [0.1, 0.15) is 5.56 Å². The van der Waals surface area contributed by atoms with Crippen molar-refractivity contribution >= 4 is 19.9 Å². The van der Waals surface area contributed by atoms with Gasteiger partial charge in [0.2, 0.25) is 0 Å². The van der Waals surface area contributed by atoms with Gasteiger partial charge in [-0.2, -0.15) is 0 Å². The quantitative estimate of drug-likeness (QED) is 0.566. The Morgan fingerprint density at radius 2 is 1.48 bits per heavy atom. The molecule has 0 aliphatic heterocycles.